The highest BCUT2D eigenvalue weighted by molar-refractivity contribution is 8.01. The van der Waals surface area contributed by atoms with Crippen molar-refractivity contribution in [3.8, 4) is 5.75 Å². The Bertz CT molecular complexity index is 2310. The molecule has 0 bridgehead atoms. The van der Waals surface area contributed by atoms with Gasteiger partial charge in [0.15, 0.2) is 21.6 Å². The molecule has 320 valence electrons. The second-order valence-electron chi connectivity index (χ2n) is 15.2. The van der Waals surface area contributed by atoms with Gasteiger partial charge in [-0.3, -0.25) is 14.4 Å². The number of methoxy groups -OCH3 is 2. The number of sulfone groups is 1. The second-order valence-corrected chi connectivity index (χ2v) is 19.7. The van der Waals surface area contributed by atoms with E-state index in [0.717, 1.165) is 18.1 Å². The topological polar surface area (TPSA) is 247 Å². The molecule has 4 heterocycles. The van der Waals surface area contributed by atoms with Crippen LogP contribution in [0.3, 0.4) is 0 Å². The van der Waals surface area contributed by atoms with E-state index in [1.807, 2.05) is 0 Å². The van der Waals surface area contributed by atoms with Crippen molar-refractivity contribution in [2.24, 2.45) is 0 Å². The van der Waals surface area contributed by atoms with Gasteiger partial charge in [-0.1, -0.05) is 36.4 Å². The molecule has 0 aromatic heterocycles. The number of nitrogens with one attached hydrogen (secondary N) is 2. The fourth-order valence-corrected chi connectivity index (χ4v) is 11.3. The van der Waals surface area contributed by atoms with E-state index in [9.17, 15) is 46.8 Å². The number of benzene rings is 2. The SMILES string of the molecule is COC(=O)C=C(C)NC(C(=O)N[C@@H]1C(=O)N2[C@@H]1SC(C)(C)[C@@H]2C(=O)OCOC(=O)c1cccc(C(=O)OC)c1OC(=O)[C@@H]1N2C(=O)C[C@H]2S(=O)(=O)C1(C)C)c1ccccc1. The molecule has 2 N–H and O–H groups in total. The highest BCUT2D eigenvalue weighted by atomic mass is 32.2. The highest BCUT2D eigenvalue weighted by Gasteiger charge is 2.68. The first-order chi connectivity index (χ1) is 28.2. The Morgan fingerprint density at radius 1 is 0.867 bits per heavy atom. The van der Waals surface area contributed by atoms with E-state index in [1.165, 1.54) is 55.8 Å². The van der Waals surface area contributed by atoms with E-state index in [-0.39, 0.29) is 6.42 Å². The molecule has 4 aliphatic heterocycles. The number of rotatable bonds is 13. The fraction of sp³-hybridized carbons (Fsp3) is 0.436. The first kappa shape index (κ1) is 43.6. The van der Waals surface area contributed by atoms with E-state index >= 15 is 0 Å². The molecule has 4 aliphatic rings. The number of thioether (sulfide) groups is 1. The van der Waals surface area contributed by atoms with Gasteiger partial charge in [-0.05, 0) is 52.3 Å². The van der Waals surface area contributed by atoms with Gasteiger partial charge in [-0.2, -0.15) is 0 Å². The standard InChI is InChI=1S/C39H42N4O15S2/c1-19(16-25(45)54-6)40-26(20-12-9-8-10-13-20)31(46)41-27-32(47)43-29(38(2,3)59-33(27)43)36(50)57-18-56-35(49)22-15-11-14-21(34(48)55-7)28(22)58-37(51)30-39(4,5)60(52,53)24-17-23(44)42(24)30/h8-16,24,26-27,29-30,33,40H,17-18H2,1-7H3,(H,41,46)/t24-,26?,27-,29+,30+,33-/m1/s1. The van der Waals surface area contributed by atoms with Gasteiger partial charge >= 0.3 is 29.8 Å². The van der Waals surface area contributed by atoms with Crippen molar-refractivity contribution in [3.05, 3.63) is 77.0 Å². The number of β-lactam (4-membered cyclic amide) rings is 2. The third kappa shape index (κ3) is 7.55. The number of carbonyl (C=O) groups excluding carboxylic acids is 8. The normalized spacial score (nSPS) is 24.6. The van der Waals surface area contributed by atoms with Crippen LogP contribution in [-0.2, 0) is 57.6 Å². The van der Waals surface area contributed by atoms with Crippen molar-refractivity contribution in [2.75, 3.05) is 21.0 Å². The summed E-state index contributed by atoms with van der Waals surface area (Å²) in [5.41, 5.74) is -0.0349. The van der Waals surface area contributed by atoms with Gasteiger partial charge < -0.3 is 44.1 Å². The van der Waals surface area contributed by atoms with Gasteiger partial charge in [0.1, 0.15) is 40.0 Å². The predicted molar refractivity (Wildman–Crippen MR) is 208 cm³/mol. The van der Waals surface area contributed by atoms with Gasteiger partial charge in [0.05, 0.1) is 25.4 Å². The quantitative estimate of drug-likeness (QED) is 0.0715. The maximum atomic E-state index is 13.7. The number of allylic oxidation sites excluding steroid dienone is 1. The van der Waals surface area contributed by atoms with Crippen molar-refractivity contribution in [2.45, 2.75) is 85.4 Å². The number of nitrogens with zero attached hydrogens (tertiary/aromatic N) is 2. The zero-order chi connectivity index (χ0) is 44.1. The molecule has 4 fully saturated rings. The summed E-state index contributed by atoms with van der Waals surface area (Å²) in [6.45, 7) is 6.51. The number of esters is 5. The average molecular weight is 871 g/mol. The van der Waals surface area contributed by atoms with E-state index in [1.54, 1.807) is 51.1 Å². The third-order valence-electron chi connectivity index (χ3n) is 10.7. The summed E-state index contributed by atoms with van der Waals surface area (Å²) in [7, 11) is -1.75. The van der Waals surface area contributed by atoms with Crippen molar-refractivity contribution >= 4 is 69.2 Å². The van der Waals surface area contributed by atoms with Gasteiger partial charge in [-0.15, -0.1) is 11.8 Å². The zero-order valence-electron chi connectivity index (χ0n) is 33.4. The van der Waals surface area contributed by atoms with Crippen molar-refractivity contribution < 1.29 is 70.5 Å². The lowest BCUT2D eigenvalue weighted by Gasteiger charge is -2.44. The summed E-state index contributed by atoms with van der Waals surface area (Å²) < 4.78 is 49.0. The van der Waals surface area contributed by atoms with Gasteiger partial charge in [-0.25, -0.2) is 32.4 Å². The molecule has 0 saturated carbocycles. The summed E-state index contributed by atoms with van der Waals surface area (Å²) >= 11 is 1.24. The van der Waals surface area contributed by atoms with Crippen LogP contribution < -0.4 is 15.4 Å². The van der Waals surface area contributed by atoms with Crippen LogP contribution in [0, 0.1) is 0 Å². The molecule has 2 aromatic carbocycles. The van der Waals surface area contributed by atoms with Crippen LogP contribution in [-0.4, -0.2) is 125 Å². The summed E-state index contributed by atoms with van der Waals surface area (Å²) in [6, 6.07) is 7.34. The second kappa shape index (κ2) is 16.2. The van der Waals surface area contributed by atoms with Gasteiger partial charge in [0.2, 0.25) is 24.5 Å². The van der Waals surface area contributed by atoms with E-state index < -0.39 is 125 Å². The molecule has 2 aromatic rings. The molecule has 0 spiro atoms. The predicted octanol–water partition coefficient (Wildman–Crippen LogP) is 1.12. The lowest BCUT2D eigenvalue weighted by molar-refractivity contribution is -0.169. The van der Waals surface area contributed by atoms with E-state index in [0.29, 0.717) is 11.3 Å². The molecule has 6 atom stereocenters. The summed E-state index contributed by atoms with van der Waals surface area (Å²) in [4.78, 5) is 107. The number of carbonyl (C=O) groups is 8. The van der Waals surface area contributed by atoms with Crippen LogP contribution in [0.5, 0.6) is 5.75 Å². The summed E-state index contributed by atoms with van der Waals surface area (Å²) in [5.74, 6) is -7.48. The summed E-state index contributed by atoms with van der Waals surface area (Å²) in [6.07, 6.45) is 0.866. The molecule has 19 nitrogen and oxygen atoms in total. The molecule has 4 saturated heterocycles. The van der Waals surface area contributed by atoms with Crippen LogP contribution in [0.4, 0.5) is 0 Å². The van der Waals surface area contributed by atoms with Crippen molar-refractivity contribution in [1.82, 2.24) is 20.4 Å². The number of hydrogen-bond donors (Lipinski definition) is 2. The number of amides is 3. The molecule has 6 rings (SSSR count). The minimum absolute atomic E-state index is 0.309. The molecule has 1 unspecified atom stereocenters. The molecular formula is C39H42N4O15S2. The minimum Gasteiger partial charge on any atom is -0.466 e. The lowest BCUT2D eigenvalue weighted by Crippen LogP contribution is -2.71. The smallest absolute Gasteiger partial charge is 0.344 e. The molecule has 60 heavy (non-hydrogen) atoms. The molecule has 3 amide bonds. The van der Waals surface area contributed by atoms with Crippen LogP contribution in [0.15, 0.2) is 60.3 Å². The average Bonchev–Trinajstić information content (AvgIpc) is 3.53. The maximum Gasteiger partial charge on any atom is 0.344 e. The molecule has 0 aliphatic carbocycles. The minimum atomic E-state index is -4.01. The lowest BCUT2D eigenvalue weighted by atomic mass is 9.95. The van der Waals surface area contributed by atoms with Crippen LogP contribution in [0.25, 0.3) is 0 Å². The molecule has 0 radical (unpaired) electrons. The van der Waals surface area contributed by atoms with E-state index in [2.05, 4.69) is 15.4 Å². The first-order valence-corrected chi connectivity index (χ1v) is 20.8. The van der Waals surface area contributed by atoms with Gasteiger partial charge in [0.25, 0.3) is 0 Å². The Balaban J connectivity index is 1.13. The van der Waals surface area contributed by atoms with Crippen LogP contribution >= 0.6 is 11.8 Å². The van der Waals surface area contributed by atoms with Gasteiger partial charge in [0, 0.05) is 16.5 Å². The Kier molecular flexibility index (Phi) is 11.8. The monoisotopic (exact) mass is 870 g/mol. The van der Waals surface area contributed by atoms with Crippen molar-refractivity contribution in [1.29, 1.82) is 0 Å². The molecular weight excluding hydrogens is 829 g/mol. The van der Waals surface area contributed by atoms with Crippen LogP contribution in [0.2, 0.25) is 0 Å². The first-order valence-electron chi connectivity index (χ1n) is 18.4. The summed E-state index contributed by atoms with van der Waals surface area (Å²) in [5, 5.41) is 3.83. The van der Waals surface area contributed by atoms with E-state index in [4.69, 9.17) is 18.9 Å². The maximum absolute atomic E-state index is 13.7. The Morgan fingerprint density at radius 2 is 1.52 bits per heavy atom. The van der Waals surface area contributed by atoms with Crippen molar-refractivity contribution in [3.63, 3.8) is 0 Å². The Morgan fingerprint density at radius 3 is 2.13 bits per heavy atom. The number of hydrogen-bond acceptors (Lipinski definition) is 17. The Labute approximate surface area is 348 Å². The van der Waals surface area contributed by atoms with Crippen LogP contribution in [0.1, 0.15) is 73.4 Å². The highest BCUT2D eigenvalue weighted by Crippen LogP contribution is 2.51. The Hall–Kier alpha value is -5.96. The molecule has 21 heteroatoms. The zero-order valence-corrected chi connectivity index (χ0v) is 35.0. The largest absolute Gasteiger partial charge is 0.466 e. The third-order valence-corrected chi connectivity index (χ3v) is 15.1. The number of para-hydroxylation sites is 1. The fourth-order valence-electron chi connectivity index (χ4n) is 7.56. The number of fused-ring (bicyclic) bond motifs is 2. The number of ether oxygens (including phenoxy) is 5.